The van der Waals surface area contributed by atoms with Crippen LogP contribution in [0.5, 0.6) is 5.75 Å². The van der Waals surface area contributed by atoms with Gasteiger partial charge in [-0.25, -0.2) is 4.39 Å². The Morgan fingerprint density at radius 1 is 0.756 bits per heavy atom. The molecule has 0 unspecified atom stereocenters. The molecular formula is C36H36ClF3O. The number of ether oxygens (including phenoxy) is 1. The summed E-state index contributed by atoms with van der Waals surface area (Å²) >= 11 is 5.81. The Morgan fingerprint density at radius 2 is 1.39 bits per heavy atom. The fourth-order valence-corrected chi connectivity index (χ4v) is 6.02. The van der Waals surface area contributed by atoms with Gasteiger partial charge < -0.3 is 4.74 Å². The molecule has 0 saturated heterocycles. The van der Waals surface area contributed by atoms with Crippen molar-refractivity contribution in [3.63, 3.8) is 0 Å². The standard InChI is InChI=1S/C36H36ClF3O/c1-2-3-4-5-25-6-8-26(9-7-25)27-10-12-28(13-11-27)30-16-23-34(35(38)24-30)29-14-17-31(18-15-29)36(39,40)41-33-21-19-32(37)20-22-33/h10-26H,2-9H2,1H3. The van der Waals surface area contributed by atoms with Crippen molar-refractivity contribution in [3.05, 3.63) is 113 Å². The van der Waals surface area contributed by atoms with Crippen LogP contribution in [0.4, 0.5) is 13.2 Å². The predicted molar refractivity (Wildman–Crippen MR) is 162 cm³/mol. The molecule has 0 aliphatic heterocycles. The van der Waals surface area contributed by atoms with Gasteiger partial charge in [0, 0.05) is 10.6 Å². The Morgan fingerprint density at radius 3 is 2.02 bits per heavy atom. The zero-order chi connectivity index (χ0) is 28.8. The van der Waals surface area contributed by atoms with Crippen LogP contribution in [-0.4, -0.2) is 0 Å². The minimum Gasteiger partial charge on any atom is -0.429 e. The molecule has 0 spiro atoms. The second-order valence-corrected chi connectivity index (χ2v) is 11.6. The SMILES string of the molecule is CCCCCC1CCC(c2ccc(-c3ccc(-c4ccc(C(F)(F)Oc5ccc(Cl)cc5)cc4)c(F)c3)cc2)CC1. The molecule has 0 amide bonds. The van der Waals surface area contributed by atoms with E-state index in [1.165, 1.54) is 112 Å². The molecule has 0 aromatic heterocycles. The van der Waals surface area contributed by atoms with E-state index in [2.05, 4.69) is 31.2 Å². The van der Waals surface area contributed by atoms with Crippen molar-refractivity contribution >= 4 is 11.6 Å². The molecule has 1 saturated carbocycles. The molecule has 5 heteroatoms. The van der Waals surface area contributed by atoms with E-state index in [0.717, 1.165) is 17.0 Å². The van der Waals surface area contributed by atoms with Crippen LogP contribution >= 0.6 is 11.6 Å². The highest BCUT2D eigenvalue weighted by molar-refractivity contribution is 6.30. The molecule has 4 aromatic carbocycles. The minimum atomic E-state index is -3.55. The van der Waals surface area contributed by atoms with Crippen LogP contribution in [-0.2, 0) is 6.11 Å². The van der Waals surface area contributed by atoms with Crippen molar-refractivity contribution in [1.82, 2.24) is 0 Å². The monoisotopic (exact) mass is 576 g/mol. The van der Waals surface area contributed by atoms with Crippen LogP contribution in [0.2, 0.25) is 5.02 Å². The third-order valence-electron chi connectivity index (χ3n) is 8.34. The molecule has 214 valence electrons. The number of hydrogen-bond acceptors (Lipinski definition) is 1. The van der Waals surface area contributed by atoms with Gasteiger partial charge >= 0.3 is 6.11 Å². The molecule has 41 heavy (non-hydrogen) atoms. The average molecular weight is 577 g/mol. The van der Waals surface area contributed by atoms with Gasteiger partial charge in [-0.05, 0) is 102 Å². The first-order valence-corrected chi connectivity index (χ1v) is 15.0. The molecule has 1 aliphatic rings. The number of benzene rings is 4. The van der Waals surface area contributed by atoms with Crippen molar-refractivity contribution in [1.29, 1.82) is 0 Å². The van der Waals surface area contributed by atoms with Gasteiger partial charge in [0.25, 0.3) is 0 Å². The van der Waals surface area contributed by atoms with Crippen LogP contribution in [0.15, 0.2) is 91.0 Å². The number of unbranched alkanes of at least 4 members (excludes halogenated alkanes) is 2. The summed E-state index contributed by atoms with van der Waals surface area (Å²) in [5.41, 5.74) is 3.67. The van der Waals surface area contributed by atoms with Crippen molar-refractivity contribution in [2.45, 2.75) is 70.3 Å². The molecule has 0 N–H and O–H groups in total. The smallest absolute Gasteiger partial charge is 0.426 e. The first-order valence-electron chi connectivity index (χ1n) is 14.7. The molecule has 1 nitrogen and oxygen atoms in total. The van der Waals surface area contributed by atoms with Gasteiger partial charge in [0.05, 0.1) is 5.56 Å². The van der Waals surface area contributed by atoms with E-state index in [0.29, 0.717) is 22.1 Å². The lowest BCUT2D eigenvalue weighted by Crippen LogP contribution is -2.21. The summed E-state index contributed by atoms with van der Waals surface area (Å²) in [6.07, 6.45) is 6.94. The molecule has 5 rings (SSSR count). The zero-order valence-corrected chi connectivity index (χ0v) is 24.1. The minimum absolute atomic E-state index is 0.00308. The van der Waals surface area contributed by atoms with Gasteiger partial charge in [0.2, 0.25) is 0 Å². The van der Waals surface area contributed by atoms with Crippen LogP contribution in [0, 0.1) is 11.7 Å². The topological polar surface area (TPSA) is 9.23 Å². The van der Waals surface area contributed by atoms with Crippen molar-refractivity contribution in [2.75, 3.05) is 0 Å². The maximum atomic E-state index is 15.2. The van der Waals surface area contributed by atoms with Crippen LogP contribution in [0.25, 0.3) is 22.3 Å². The van der Waals surface area contributed by atoms with Gasteiger partial charge in [0.1, 0.15) is 11.6 Å². The largest absolute Gasteiger partial charge is 0.429 e. The number of hydrogen-bond donors (Lipinski definition) is 0. The fourth-order valence-electron chi connectivity index (χ4n) is 5.90. The van der Waals surface area contributed by atoms with Crippen LogP contribution in [0.1, 0.15) is 75.3 Å². The van der Waals surface area contributed by atoms with E-state index in [4.69, 9.17) is 16.3 Å². The number of alkyl halides is 2. The second-order valence-electron chi connectivity index (χ2n) is 11.2. The van der Waals surface area contributed by atoms with E-state index in [1.807, 2.05) is 6.07 Å². The molecule has 0 heterocycles. The zero-order valence-electron chi connectivity index (χ0n) is 23.4. The van der Waals surface area contributed by atoms with Gasteiger partial charge in [-0.3, -0.25) is 0 Å². The van der Waals surface area contributed by atoms with E-state index < -0.39 is 11.9 Å². The predicted octanol–water partition coefficient (Wildman–Crippen LogP) is 11.8. The summed E-state index contributed by atoms with van der Waals surface area (Å²) in [4.78, 5) is 0. The lowest BCUT2D eigenvalue weighted by atomic mass is 9.77. The average Bonchev–Trinajstić information content (AvgIpc) is 2.99. The number of rotatable bonds is 10. The Labute approximate surface area is 246 Å². The maximum Gasteiger partial charge on any atom is 0.426 e. The summed E-state index contributed by atoms with van der Waals surface area (Å²) in [6, 6.07) is 24.9. The molecule has 0 radical (unpaired) electrons. The molecule has 0 bridgehead atoms. The molecule has 1 fully saturated rings. The number of halogens is 4. The van der Waals surface area contributed by atoms with E-state index in [9.17, 15) is 8.78 Å². The highest BCUT2D eigenvalue weighted by Gasteiger charge is 2.34. The molecule has 1 aliphatic carbocycles. The Balaban J connectivity index is 1.22. The van der Waals surface area contributed by atoms with Crippen molar-refractivity contribution in [2.24, 2.45) is 5.92 Å². The first kappa shape index (κ1) is 29.3. The van der Waals surface area contributed by atoms with Crippen LogP contribution in [0.3, 0.4) is 0 Å². The Bertz CT molecular complexity index is 1410. The third-order valence-corrected chi connectivity index (χ3v) is 8.59. The van der Waals surface area contributed by atoms with Crippen molar-refractivity contribution in [3.8, 4) is 28.0 Å². The Hall–Kier alpha value is -3.24. The summed E-state index contributed by atoms with van der Waals surface area (Å²) in [7, 11) is 0. The third kappa shape index (κ3) is 7.35. The lowest BCUT2D eigenvalue weighted by Gasteiger charge is -2.29. The lowest BCUT2D eigenvalue weighted by molar-refractivity contribution is -0.185. The highest BCUT2D eigenvalue weighted by Crippen LogP contribution is 2.39. The quantitative estimate of drug-likeness (QED) is 0.171. The fraction of sp³-hybridized carbons (Fsp3) is 0.333. The summed E-state index contributed by atoms with van der Waals surface area (Å²) in [5, 5.41) is 0.431. The summed E-state index contributed by atoms with van der Waals surface area (Å²) in [6.45, 7) is 2.26. The van der Waals surface area contributed by atoms with Gasteiger partial charge in [-0.1, -0.05) is 92.7 Å². The maximum absolute atomic E-state index is 15.2. The van der Waals surface area contributed by atoms with E-state index in [1.54, 1.807) is 6.07 Å². The molecule has 4 aromatic rings. The summed E-state index contributed by atoms with van der Waals surface area (Å²) in [5.74, 6) is 1.10. The van der Waals surface area contributed by atoms with Gasteiger partial charge in [0.15, 0.2) is 0 Å². The van der Waals surface area contributed by atoms with E-state index >= 15 is 4.39 Å². The van der Waals surface area contributed by atoms with Crippen LogP contribution < -0.4 is 4.74 Å². The molecular weight excluding hydrogens is 541 g/mol. The van der Waals surface area contributed by atoms with E-state index in [-0.39, 0.29) is 11.3 Å². The normalized spacial score (nSPS) is 17.4. The highest BCUT2D eigenvalue weighted by atomic mass is 35.5. The second kappa shape index (κ2) is 13.2. The van der Waals surface area contributed by atoms with Gasteiger partial charge in [-0.2, -0.15) is 8.78 Å². The Kier molecular flexibility index (Phi) is 9.39. The summed E-state index contributed by atoms with van der Waals surface area (Å²) < 4.78 is 49.5. The van der Waals surface area contributed by atoms with Crippen molar-refractivity contribution < 1.29 is 17.9 Å². The molecule has 0 atom stereocenters. The van der Waals surface area contributed by atoms with Gasteiger partial charge in [-0.15, -0.1) is 0 Å². The first-order chi connectivity index (χ1) is 19.8.